The third-order valence-corrected chi connectivity index (χ3v) is 3.31. The highest BCUT2D eigenvalue weighted by molar-refractivity contribution is 5.90. The highest BCUT2D eigenvalue weighted by Crippen LogP contribution is 2.25. The van der Waals surface area contributed by atoms with E-state index in [1.54, 1.807) is 18.5 Å². The molecule has 4 heteroatoms. The van der Waals surface area contributed by atoms with Gasteiger partial charge < -0.3 is 9.47 Å². The van der Waals surface area contributed by atoms with Crippen molar-refractivity contribution in [3.8, 4) is 0 Å². The molecule has 1 aliphatic heterocycles. The van der Waals surface area contributed by atoms with Crippen LogP contribution in [0, 0.1) is 0 Å². The minimum atomic E-state index is -0.310. The van der Waals surface area contributed by atoms with Crippen LogP contribution in [0.5, 0.6) is 0 Å². The van der Waals surface area contributed by atoms with Crippen molar-refractivity contribution in [2.75, 3.05) is 13.2 Å². The van der Waals surface area contributed by atoms with Crippen LogP contribution in [0.2, 0.25) is 0 Å². The van der Waals surface area contributed by atoms with E-state index in [4.69, 9.17) is 9.47 Å². The summed E-state index contributed by atoms with van der Waals surface area (Å²) in [5.74, 6) is -0.286. The minimum absolute atomic E-state index is 0.286. The number of ether oxygens (including phenoxy) is 2. The Bertz CT molecular complexity index is 425. The van der Waals surface area contributed by atoms with E-state index in [9.17, 15) is 4.79 Å². The van der Waals surface area contributed by atoms with Crippen molar-refractivity contribution in [2.24, 2.45) is 0 Å². The Balaban J connectivity index is 1.99. The Hall–Kier alpha value is -1.42. The number of carbonyl (C=O) groups is 1. The van der Waals surface area contributed by atoms with Crippen LogP contribution in [0.3, 0.4) is 0 Å². The van der Waals surface area contributed by atoms with Crippen LogP contribution in [-0.2, 0) is 15.9 Å². The fraction of sp³-hybridized carbons (Fsp3) is 0.571. The zero-order chi connectivity index (χ0) is 13.0. The third kappa shape index (κ3) is 2.88. The van der Waals surface area contributed by atoms with Gasteiger partial charge in [0.25, 0.3) is 0 Å². The van der Waals surface area contributed by atoms with Crippen molar-refractivity contribution in [1.29, 1.82) is 0 Å². The Morgan fingerprint density at radius 2 is 2.44 bits per heavy atom. The molecule has 0 saturated carbocycles. The maximum absolute atomic E-state index is 12.0. The number of nitrogens with zero attached hydrogens (tertiary/aromatic N) is 1. The average Bonchev–Trinajstić information content (AvgIpc) is 2.83. The summed E-state index contributed by atoms with van der Waals surface area (Å²) in [4.78, 5) is 16.0. The fourth-order valence-electron chi connectivity index (χ4n) is 2.15. The first-order chi connectivity index (χ1) is 8.64. The molecule has 0 radical (unpaired) electrons. The van der Waals surface area contributed by atoms with Gasteiger partial charge in [-0.3, -0.25) is 4.98 Å². The molecule has 0 aliphatic carbocycles. The molecule has 0 spiro atoms. The van der Waals surface area contributed by atoms with E-state index in [1.807, 2.05) is 13.8 Å². The van der Waals surface area contributed by atoms with Crippen molar-refractivity contribution in [3.05, 3.63) is 29.6 Å². The summed E-state index contributed by atoms with van der Waals surface area (Å²) < 4.78 is 11.0. The molecule has 1 saturated heterocycles. The maximum Gasteiger partial charge on any atom is 0.338 e. The number of hydrogen-bond acceptors (Lipinski definition) is 4. The number of esters is 1. The molecule has 0 unspecified atom stereocenters. The molecule has 1 aromatic rings. The number of rotatable bonds is 4. The monoisotopic (exact) mass is 249 g/mol. The molecule has 2 rings (SSSR count). The molecule has 2 heterocycles. The Kier molecular flexibility index (Phi) is 3.97. The lowest BCUT2D eigenvalue weighted by atomic mass is 10.0. The first kappa shape index (κ1) is 13.0. The molecule has 0 amide bonds. The van der Waals surface area contributed by atoms with Crippen molar-refractivity contribution < 1.29 is 14.3 Å². The lowest BCUT2D eigenvalue weighted by molar-refractivity contribution is -0.0378. The van der Waals surface area contributed by atoms with Crippen molar-refractivity contribution in [2.45, 2.75) is 38.7 Å². The number of aromatic nitrogens is 1. The molecule has 1 atom stereocenters. The molecule has 18 heavy (non-hydrogen) atoms. The standard InChI is InChI=1S/C14H19NO3/c1-3-11-9-15-7-5-12(11)13(16)17-10-14(2)6-4-8-18-14/h5,7,9H,3-4,6,8,10H2,1-2H3/t14-/m1/s1. The molecule has 0 aromatic carbocycles. The third-order valence-electron chi connectivity index (χ3n) is 3.31. The Morgan fingerprint density at radius 1 is 1.61 bits per heavy atom. The topological polar surface area (TPSA) is 48.4 Å². The lowest BCUT2D eigenvalue weighted by Crippen LogP contribution is -2.31. The summed E-state index contributed by atoms with van der Waals surface area (Å²) in [6.07, 6.45) is 6.07. The van der Waals surface area contributed by atoms with E-state index in [1.165, 1.54) is 0 Å². The van der Waals surface area contributed by atoms with Crippen molar-refractivity contribution >= 4 is 5.97 Å². The van der Waals surface area contributed by atoms with Crippen LogP contribution in [-0.4, -0.2) is 29.8 Å². The van der Waals surface area contributed by atoms with Crippen LogP contribution in [0.1, 0.15) is 42.6 Å². The molecule has 0 bridgehead atoms. The molecule has 1 fully saturated rings. The van der Waals surface area contributed by atoms with Gasteiger partial charge in [0.05, 0.1) is 11.2 Å². The van der Waals surface area contributed by atoms with E-state index >= 15 is 0 Å². The van der Waals surface area contributed by atoms with Crippen LogP contribution < -0.4 is 0 Å². The van der Waals surface area contributed by atoms with Gasteiger partial charge in [0.2, 0.25) is 0 Å². The largest absolute Gasteiger partial charge is 0.459 e. The number of hydrogen-bond donors (Lipinski definition) is 0. The van der Waals surface area contributed by atoms with E-state index < -0.39 is 0 Å². The van der Waals surface area contributed by atoms with Crippen LogP contribution in [0.4, 0.5) is 0 Å². The lowest BCUT2D eigenvalue weighted by Gasteiger charge is -2.22. The van der Waals surface area contributed by atoms with Gasteiger partial charge in [-0.25, -0.2) is 4.79 Å². The van der Waals surface area contributed by atoms with Gasteiger partial charge in [-0.15, -0.1) is 0 Å². The van der Waals surface area contributed by atoms with Gasteiger partial charge in [0, 0.05) is 19.0 Å². The zero-order valence-corrected chi connectivity index (χ0v) is 10.9. The van der Waals surface area contributed by atoms with Gasteiger partial charge in [-0.1, -0.05) is 6.92 Å². The summed E-state index contributed by atoms with van der Waals surface area (Å²) in [5, 5.41) is 0. The quantitative estimate of drug-likeness (QED) is 0.769. The summed E-state index contributed by atoms with van der Waals surface area (Å²) in [5.41, 5.74) is 1.21. The predicted molar refractivity (Wildman–Crippen MR) is 67.5 cm³/mol. The van der Waals surface area contributed by atoms with Gasteiger partial charge in [0.1, 0.15) is 6.61 Å². The van der Waals surface area contributed by atoms with E-state index in [0.717, 1.165) is 31.4 Å². The SMILES string of the molecule is CCc1cnccc1C(=O)OC[C@@]1(C)CCCO1. The first-order valence-electron chi connectivity index (χ1n) is 6.38. The second kappa shape index (κ2) is 5.48. The van der Waals surface area contributed by atoms with Gasteiger partial charge >= 0.3 is 5.97 Å². The molecular weight excluding hydrogens is 230 g/mol. The highest BCUT2D eigenvalue weighted by atomic mass is 16.6. The minimum Gasteiger partial charge on any atom is -0.459 e. The number of carbonyl (C=O) groups excluding carboxylic acids is 1. The molecular formula is C14H19NO3. The van der Waals surface area contributed by atoms with Gasteiger partial charge in [-0.2, -0.15) is 0 Å². The summed E-state index contributed by atoms with van der Waals surface area (Å²) in [6, 6.07) is 1.71. The highest BCUT2D eigenvalue weighted by Gasteiger charge is 2.31. The first-order valence-corrected chi connectivity index (χ1v) is 6.38. The maximum atomic E-state index is 12.0. The Labute approximate surface area is 107 Å². The van der Waals surface area contributed by atoms with E-state index in [2.05, 4.69) is 4.98 Å². The normalized spacial score (nSPS) is 23.0. The van der Waals surface area contributed by atoms with Gasteiger partial charge in [-0.05, 0) is 37.8 Å². The Morgan fingerprint density at radius 3 is 3.11 bits per heavy atom. The van der Waals surface area contributed by atoms with Gasteiger partial charge in [0.15, 0.2) is 0 Å². The van der Waals surface area contributed by atoms with Crippen LogP contribution >= 0.6 is 0 Å². The van der Waals surface area contributed by atoms with E-state index in [0.29, 0.717) is 12.2 Å². The molecule has 0 N–H and O–H groups in total. The predicted octanol–water partition coefficient (Wildman–Crippen LogP) is 2.37. The molecule has 1 aliphatic rings. The summed E-state index contributed by atoms with van der Waals surface area (Å²) >= 11 is 0. The smallest absolute Gasteiger partial charge is 0.338 e. The second-order valence-electron chi connectivity index (χ2n) is 4.86. The van der Waals surface area contributed by atoms with Crippen molar-refractivity contribution in [1.82, 2.24) is 4.98 Å². The number of aryl methyl sites for hydroxylation is 1. The van der Waals surface area contributed by atoms with Crippen LogP contribution in [0.15, 0.2) is 18.5 Å². The molecule has 98 valence electrons. The fourth-order valence-corrected chi connectivity index (χ4v) is 2.15. The summed E-state index contributed by atoms with van der Waals surface area (Å²) in [7, 11) is 0. The molecule has 1 aromatic heterocycles. The van der Waals surface area contributed by atoms with Crippen LogP contribution in [0.25, 0.3) is 0 Å². The number of pyridine rings is 1. The second-order valence-corrected chi connectivity index (χ2v) is 4.86. The summed E-state index contributed by atoms with van der Waals surface area (Å²) in [6.45, 7) is 5.05. The van der Waals surface area contributed by atoms with Crippen molar-refractivity contribution in [3.63, 3.8) is 0 Å². The van der Waals surface area contributed by atoms with E-state index in [-0.39, 0.29) is 11.6 Å². The zero-order valence-electron chi connectivity index (χ0n) is 10.9. The molecule has 4 nitrogen and oxygen atoms in total. The average molecular weight is 249 g/mol.